The Morgan fingerprint density at radius 2 is 0.568 bits per heavy atom. The van der Waals surface area contributed by atoms with Gasteiger partial charge in [-0.3, -0.25) is 0 Å². The highest BCUT2D eigenvalue weighted by Crippen LogP contribution is 2.51. The van der Waals surface area contributed by atoms with Crippen LogP contribution in [0, 0.1) is 6.57 Å². The highest BCUT2D eigenvalue weighted by Gasteiger charge is 2.27. The first kappa shape index (κ1) is 71.0. The van der Waals surface area contributed by atoms with Crippen molar-refractivity contribution >= 4 is 137 Å². The highest BCUT2D eigenvalue weighted by molar-refractivity contribution is 6.17. The molecule has 0 radical (unpaired) electrons. The maximum atomic E-state index is 7.52. The quantitative estimate of drug-likeness (QED) is 0.147. The van der Waals surface area contributed by atoms with Crippen LogP contribution in [0.25, 0.3) is 231 Å². The molecule has 3 aliphatic rings. The summed E-state index contributed by atoms with van der Waals surface area (Å²) in [5.41, 5.74) is 29.3. The molecule has 6 aromatic heterocycles. The van der Waals surface area contributed by atoms with Gasteiger partial charge in [-0.05, 0) is 213 Å². The molecule has 9 heterocycles. The predicted octanol–water partition coefficient (Wildman–Crippen LogP) is 30.7. The lowest BCUT2D eigenvalue weighted by molar-refractivity contribution is 0.124. The Bertz CT molecular complexity index is 8660. The Hall–Kier alpha value is -17.0. The molecule has 0 fully saturated rings. The zero-order valence-corrected chi connectivity index (χ0v) is 66.6. The number of para-hydroxylation sites is 7. The normalized spacial score (nSPS) is 12.6. The Morgan fingerprint density at radius 3 is 1.10 bits per heavy atom. The van der Waals surface area contributed by atoms with Crippen LogP contribution in [-0.4, -0.2) is 24.9 Å². The average Bonchev–Trinajstić information content (AvgIpc) is 1.59. The van der Waals surface area contributed by atoms with Gasteiger partial charge in [0.25, 0.3) is 0 Å². The second-order valence-electron chi connectivity index (χ2n) is 31.5. The summed E-state index contributed by atoms with van der Waals surface area (Å²) in [4.78, 5) is 3.67. The van der Waals surface area contributed by atoms with Crippen molar-refractivity contribution < 1.29 is 50.5 Å². The van der Waals surface area contributed by atoms with Crippen molar-refractivity contribution in [3.05, 3.63) is 375 Å². The van der Waals surface area contributed by atoms with Crippen molar-refractivity contribution in [2.75, 3.05) is 20.4 Å². The number of fused-ring (bicyclic) bond motifs is 27. The van der Waals surface area contributed by atoms with E-state index in [2.05, 4.69) is 204 Å². The molecule has 0 bridgehead atoms. The van der Waals surface area contributed by atoms with E-state index in [9.17, 15) is 0 Å². The van der Waals surface area contributed by atoms with Crippen LogP contribution >= 0.6 is 0 Å². The van der Waals surface area contributed by atoms with Gasteiger partial charge < -0.3 is 55.1 Å². The monoisotopic (exact) mass is 1610 g/mol. The zero-order chi connectivity index (χ0) is 82.3. The summed E-state index contributed by atoms with van der Waals surface area (Å²) in [6.07, 6.45) is 0. The molecule has 125 heavy (non-hydrogen) atoms. The van der Waals surface area contributed by atoms with Gasteiger partial charge >= 0.3 is 0 Å². The van der Waals surface area contributed by atoms with Gasteiger partial charge in [-0.2, -0.15) is 0 Å². The van der Waals surface area contributed by atoms with Crippen molar-refractivity contribution in [2.24, 2.45) is 0 Å². The Kier molecular flexibility index (Phi) is 16.3. The van der Waals surface area contributed by atoms with Crippen LogP contribution in [0.5, 0.6) is 34.5 Å². The summed E-state index contributed by atoms with van der Waals surface area (Å²) in [5.74, 6) is 4.70. The summed E-state index contributed by atoms with van der Waals surface area (Å²) in [7, 11) is 0. The third-order valence-corrected chi connectivity index (χ3v) is 24.6. The second kappa shape index (κ2) is 28.6. The second-order valence-corrected chi connectivity index (χ2v) is 31.5. The Labute approximate surface area is 712 Å². The lowest BCUT2D eigenvalue weighted by atomic mass is 9.94. The number of hydrogen-bond donors (Lipinski definition) is 0. The first-order chi connectivity index (χ1) is 61.9. The van der Waals surface area contributed by atoms with E-state index in [1.54, 1.807) is 0 Å². The summed E-state index contributed by atoms with van der Waals surface area (Å²) in [5, 5.41) is 13.3. The van der Waals surface area contributed by atoms with Crippen LogP contribution in [0.4, 0.5) is 5.69 Å². The molecule has 0 saturated carbocycles. The van der Waals surface area contributed by atoms with Crippen LogP contribution in [0.15, 0.2) is 386 Å². The zero-order valence-electron chi connectivity index (χ0n) is 66.6. The van der Waals surface area contributed by atoms with Crippen LogP contribution < -0.4 is 28.4 Å². The lowest BCUT2D eigenvalue weighted by Crippen LogP contribution is -2.03. The van der Waals surface area contributed by atoms with Crippen molar-refractivity contribution in [3.63, 3.8) is 0 Å². The molecular weight excluding hydrogens is 1550 g/mol. The molecule has 27 rings (SSSR count). The predicted molar refractivity (Wildman–Crippen MR) is 498 cm³/mol. The maximum absolute atomic E-state index is 7.52. The third-order valence-electron chi connectivity index (χ3n) is 24.6. The van der Waals surface area contributed by atoms with Gasteiger partial charge in [0.1, 0.15) is 90.3 Å². The molecular formula is C112H66N2O11. The smallest absolute Gasteiger partial charge is 0.230 e. The summed E-state index contributed by atoms with van der Waals surface area (Å²) < 4.78 is 69.9. The number of benzene rings is 18. The van der Waals surface area contributed by atoms with Gasteiger partial charge in [0.15, 0.2) is 5.69 Å². The van der Waals surface area contributed by atoms with Gasteiger partial charge in [-0.25, -0.2) is 4.85 Å². The van der Waals surface area contributed by atoms with Crippen molar-refractivity contribution in [1.82, 2.24) is 4.57 Å². The molecule has 24 aromatic rings. The average molecular weight is 1620 g/mol. The van der Waals surface area contributed by atoms with Crippen LogP contribution in [-0.2, 0) is 0 Å². The van der Waals surface area contributed by atoms with E-state index >= 15 is 0 Å². The molecule has 0 unspecified atom stereocenters. The topological polar surface area (TPSA) is 130 Å². The fourth-order valence-electron chi connectivity index (χ4n) is 18.9. The number of aromatic nitrogens is 1. The van der Waals surface area contributed by atoms with E-state index < -0.39 is 0 Å². The summed E-state index contributed by atoms with van der Waals surface area (Å²) >= 11 is 0. The summed E-state index contributed by atoms with van der Waals surface area (Å²) in [6.45, 7) is 7.92. The van der Waals surface area contributed by atoms with E-state index in [4.69, 9.17) is 57.1 Å². The Morgan fingerprint density at radius 1 is 0.208 bits per heavy atom. The molecule has 590 valence electrons. The van der Waals surface area contributed by atoms with Gasteiger partial charge in [0, 0.05) is 104 Å². The SMILES string of the molecule is [C-]#[N+]c1ccc2c(c1)c1ccccc1n2-c1ccc2c(c1)-c1ccc(-c3cccc4oc5ccccc5c34)cc1OCO2.c1ccc2c(c1)oc1c(-c3ccc4c(c3)-c3ccc(-c5cccc6oc7ccccc7c56)cc3OCO4)cccc12.c1ccc2c(c1)oc1cc(-c3ccc4c(c3)-c3ccc(-c5cccc6oc7ccccc7c56)cc3OCO4)ccc12. The van der Waals surface area contributed by atoms with E-state index in [1.807, 2.05) is 170 Å². The minimum Gasteiger partial charge on any atom is -0.457 e. The molecule has 0 aliphatic carbocycles. The van der Waals surface area contributed by atoms with Crippen molar-refractivity contribution in [2.45, 2.75) is 0 Å². The lowest BCUT2D eigenvalue weighted by Gasteiger charge is -2.13. The summed E-state index contributed by atoms with van der Waals surface area (Å²) in [6, 6.07) is 124. The van der Waals surface area contributed by atoms with E-state index in [-0.39, 0.29) is 20.4 Å². The number of rotatable bonds is 6. The molecule has 0 saturated heterocycles. The molecule has 0 amide bonds. The van der Waals surface area contributed by atoms with Crippen LogP contribution in [0.2, 0.25) is 0 Å². The van der Waals surface area contributed by atoms with E-state index in [0.29, 0.717) is 5.69 Å². The van der Waals surface area contributed by atoms with Crippen LogP contribution in [0.3, 0.4) is 0 Å². The standard InChI is InChI=1S/C38H22N2O3.2C37H22O4/c1-39-24-14-17-33-30(20-24)27-7-2-4-10-32(27)40(33)25-15-18-34-31(21-25)28-16-13-23(19-37(28)42-22-41-34)26-9-6-12-36-38(26)29-8-3-5-11-35(29)43-36;1-3-12-32-26(7-1)28-11-5-10-25(37(28)41-32)22-16-18-31-30(19-22)27-17-15-23(20-35(27)39-21-38-31)24-9-6-14-34-36(24)29-8-2-4-13-33(29)40-34;1-3-9-32-26(6-1)27-15-12-23(19-36(27)41-32)22-14-17-31-30(18-22)28-16-13-24(20-35(28)39-21-38-31)25-8-5-11-34-37(25)29-7-2-4-10-33(29)40-34/h2-21H,22H2;2*1-20H,21H2. The first-order valence-electron chi connectivity index (χ1n) is 41.5. The van der Waals surface area contributed by atoms with E-state index in [1.165, 1.54) is 0 Å². The highest BCUT2D eigenvalue weighted by atomic mass is 16.7. The molecule has 0 atom stereocenters. The number of hydrogen-bond acceptors (Lipinski definition) is 11. The van der Waals surface area contributed by atoms with Gasteiger partial charge in [0.05, 0.1) is 17.6 Å². The molecule has 0 spiro atoms. The number of nitrogens with zero attached hydrogens (tertiary/aromatic N) is 2. The molecule has 13 heteroatoms. The number of furan rings is 5. The molecule has 0 N–H and O–H groups in total. The minimum atomic E-state index is 0.121. The van der Waals surface area contributed by atoms with Crippen molar-refractivity contribution in [3.8, 4) is 129 Å². The first-order valence-corrected chi connectivity index (χ1v) is 41.5. The van der Waals surface area contributed by atoms with Crippen LogP contribution in [0.1, 0.15) is 0 Å². The fourth-order valence-corrected chi connectivity index (χ4v) is 18.9. The van der Waals surface area contributed by atoms with Gasteiger partial charge in [-0.15, -0.1) is 0 Å². The number of ether oxygens (including phenoxy) is 6. The van der Waals surface area contributed by atoms with Gasteiger partial charge in [0.2, 0.25) is 20.4 Å². The van der Waals surface area contributed by atoms with Crippen molar-refractivity contribution in [1.29, 1.82) is 0 Å². The van der Waals surface area contributed by atoms with E-state index in [0.717, 1.165) is 261 Å². The minimum absolute atomic E-state index is 0.121. The maximum Gasteiger partial charge on any atom is 0.230 e. The molecule has 13 nitrogen and oxygen atoms in total. The molecule has 3 aliphatic heterocycles. The molecule has 18 aromatic carbocycles. The fraction of sp³-hybridized carbons (Fsp3) is 0.0268. The Balaban J connectivity index is 0.000000103. The third kappa shape index (κ3) is 11.8. The largest absolute Gasteiger partial charge is 0.457 e. The van der Waals surface area contributed by atoms with Gasteiger partial charge in [-0.1, -0.05) is 206 Å².